The zero-order chi connectivity index (χ0) is 12.8. The van der Waals surface area contributed by atoms with E-state index < -0.39 is 5.41 Å². The minimum Gasteiger partial charge on any atom is -0.381 e. The molecule has 1 fully saturated rings. The lowest BCUT2D eigenvalue weighted by atomic mass is 9.81. The number of carbonyl (C=O) groups is 1. The molecule has 1 amide bonds. The van der Waals surface area contributed by atoms with Crippen molar-refractivity contribution in [3.05, 3.63) is 18.7 Å². The molecule has 0 radical (unpaired) electrons. The number of carbonyl (C=O) groups excluding carboxylic acids is 1. The van der Waals surface area contributed by atoms with Crippen LogP contribution in [0, 0.1) is 16.7 Å². The summed E-state index contributed by atoms with van der Waals surface area (Å²) >= 11 is 0. The van der Waals surface area contributed by atoms with Crippen LogP contribution in [0.4, 0.5) is 0 Å². The van der Waals surface area contributed by atoms with Gasteiger partial charge in [-0.05, 0) is 12.8 Å². The van der Waals surface area contributed by atoms with E-state index in [1.54, 1.807) is 12.5 Å². The Morgan fingerprint density at radius 2 is 2.33 bits per heavy atom. The summed E-state index contributed by atoms with van der Waals surface area (Å²) in [7, 11) is 0. The molecule has 6 heteroatoms. The van der Waals surface area contributed by atoms with Crippen molar-refractivity contribution in [2.75, 3.05) is 19.8 Å². The second-order valence-corrected chi connectivity index (χ2v) is 4.36. The third-order valence-electron chi connectivity index (χ3n) is 3.21. The molecular weight excluding hydrogens is 232 g/mol. The first-order valence-electron chi connectivity index (χ1n) is 6.00. The second kappa shape index (κ2) is 5.65. The first-order chi connectivity index (χ1) is 8.77. The lowest BCUT2D eigenvalue weighted by molar-refractivity contribution is -0.132. The average molecular weight is 248 g/mol. The zero-order valence-electron chi connectivity index (χ0n) is 10.1. The maximum Gasteiger partial charge on any atom is 0.240 e. The van der Waals surface area contributed by atoms with E-state index in [9.17, 15) is 10.1 Å². The van der Waals surface area contributed by atoms with E-state index in [1.165, 1.54) is 0 Å². The summed E-state index contributed by atoms with van der Waals surface area (Å²) in [6.07, 6.45) is 6.17. The standard InChI is InChI=1S/C12H16N4O2/c13-9-12(1-7-18-8-2-12)11(17)15-4-6-16-5-3-14-10-16/h3,5,10H,1-2,4,6-8H2,(H,15,17). The van der Waals surface area contributed by atoms with Crippen molar-refractivity contribution >= 4 is 5.91 Å². The molecule has 1 aliphatic rings. The van der Waals surface area contributed by atoms with Crippen LogP contribution < -0.4 is 5.32 Å². The third-order valence-corrected chi connectivity index (χ3v) is 3.21. The summed E-state index contributed by atoms with van der Waals surface area (Å²) in [6.45, 7) is 2.11. The van der Waals surface area contributed by atoms with Gasteiger partial charge in [0, 0.05) is 38.7 Å². The topological polar surface area (TPSA) is 79.9 Å². The molecule has 0 saturated carbocycles. The largest absolute Gasteiger partial charge is 0.381 e. The van der Waals surface area contributed by atoms with Gasteiger partial charge >= 0.3 is 0 Å². The number of hydrogen-bond donors (Lipinski definition) is 1. The molecule has 1 aromatic heterocycles. The second-order valence-electron chi connectivity index (χ2n) is 4.36. The van der Waals surface area contributed by atoms with Gasteiger partial charge < -0.3 is 14.6 Å². The number of nitriles is 1. The number of nitrogens with one attached hydrogen (secondary N) is 1. The maximum absolute atomic E-state index is 12.1. The van der Waals surface area contributed by atoms with Crippen molar-refractivity contribution in [2.24, 2.45) is 5.41 Å². The highest BCUT2D eigenvalue weighted by Crippen LogP contribution is 2.29. The number of rotatable bonds is 4. The average Bonchev–Trinajstić information content (AvgIpc) is 2.92. The molecule has 0 spiro atoms. The van der Waals surface area contributed by atoms with Crippen LogP contribution in [0.5, 0.6) is 0 Å². The summed E-state index contributed by atoms with van der Waals surface area (Å²) in [5.74, 6) is -0.187. The predicted octanol–water partition coefficient (Wildman–Crippen LogP) is 0.320. The number of aromatic nitrogens is 2. The van der Waals surface area contributed by atoms with Crippen molar-refractivity contribution in [1.29, 1.82) is 5.26 Å². The van der Waals surface area contributed by atoms with E-state index in [4.69, 9.17) is 4.74 Å². The molecule has 96 valence electrons. The Labute approximate surface area is 106 Å². The SMILES string of the molecule is N#CC1(C(=O)NCCn2ccnc2)CCOCC1. The molecule has 0 aromatic carbocycles. The maximum atomic E-state index is 12.1. The van der Waals surface area contributed by atoms with Crippen LogP contribution in [0.2, 0.25) is 0 Å². The van der Waals surface area contributed by atoms with Crippen LogP contribution >= 0.6 is 0 Å². The van der Waals surface area contributed by atoms with Gasteiger partial charge in [-0.15, -0.1) is 0 Å². The van der Waals surface area contributed by atoms with Gasteiger partial charge in [0.25, 0.3) is 0 Å². The monoisotopic (exact) mass is 248 g/mol. The fourth-order valence-corrected chi connectivity index (χ4v) is 2.00. The van der Waals surface area contributed by atoms with Crippen molar-refractivity contribution < 1.29 is 9.53 Å². The number of nitrogens with zero attached hydrogens (tertiary/aromatic N) is 3. The molecule has 2 heterocycles. The van der Waals surface area contributed by atoms with Gasteiger partial charge in [-0.25, -0.2) is 4.98 Å². The van der Waals surface area contributed by atoms with Crippen LogP contribution in [-0.2, 0) is 16.1 Å². The summed E-state index contributed by atoms with van der Waals surface area (Å²) in [5, 5.41) is 12.0. The van der Waals surface area contributed by atoms with Crippen molar-refractivity contribution in [3.63, 3.8) is 0 Å². The van der Waals surface area contributed by atoms with Crippen LogP contribution in [0.25, 0.3) is 0 Å². The van der Waals surface area contributed by atoms with Crippen molar-refractivity contribution in [1.82, 2.24) is 14.9 Å². The van der Waals surface area contributed by atoms with Gasteiger partial charge in [0.15, 0.2) is 0 Å². The lowest BCUT2D eigenvalue weighted by Crippen LogP contribution is -2.44. The lowest BCUT2D eigenvalue weighted by Gasteiger charge is -2.29. The molecule has 1 saturated heterocycles. The first kappa shape index (κ1) is 12.6. The van der Waals surface area contributed by atoms with Gasteiger partial charge in [0.05, 0.1) is 12.4 Å². The third kappa shape index (κ3) is 2.68. The van der Waals surface area contributed by atoms with Crippen LogP contribution in [0.1, 0.15) is 12.8 Å². The summed E-state index contributed by atoms with van der Waals surface area (Å²) in [6, 6.07) is 2.15. The van der Waals surface area contributed by atoms with Crippen molar-refractivity contribution in [2.45, 2.75) is 19.4 Å². The highest BCUT2D eigenvalue weighted by molar-refractivity contribution is 5.85. The summed E-state index contributed by atoms with van der Waals surface area (Å²) in [5.41, 5.74) is -0.910. The van der Waals surface area contributed by atoms with E-state index in [1.807, 2.05) is 10.8 Å². The predicted molar refractivity (Wildman–Crippen MR) is 63.3 cm³/mol. The summed E-state index contributed by atoms with van der Waals surface area (Å²) in [4.78, 5) is 16.0. The minimum atomic E-state index is -0.910. The Hall–Kier alpha value is -1.87. The van der Waals surface area contributed by atoms with E-state index in [2.05, 4.69) is 16.4 Å². The molecule has 1 aliphatic heterocycles. The molecule has 0 atom stereocenters. The Morgan fingerprint density at radius 1 is 1.56 bits per heavy atom. The molecule has 1 aromatic rings. The van der Waals surface area contributed by atoms with Gasteiger partial charge in [0.1, 0.15) is 5.41 Å². The first-order valence-corrected chi connectivity index (χ1v) is 6.00. The fraction of sp³-hybridized carbons (Fsp3) is 0.583. The minimum absolute atomic E-state index is 0.187. The smallest absolute Gasteiger partial charge is 0.240 e. The highest BCUT2D eigenvalue weighted by atomic mass is 16.5. The number of hydrogen-bond acceptors (Lipinski definition) is 4. The van der Waals surface area contributed by atoms with E-state index >= 15 is 0 Å². The molecular formula is C12H16N4O2. The molecule has 6 nitrogen and oxygen atoms in total. The number of ether oxygens (including phenoxy) is 1. The number of imidazole rings is 1. The molecule has 0 unspecified atom stereocenters. The van der Waals surface area contributed by atoms with E-state index in [0.717, 1.165) is 0 Å². The van der Waals surface area contributed by atoms with Gasteiger partial charge in [0.2, 0.25) is 5.91 Å². The molecule has 18 heavy (non-hydrogen) atoms. The van der Waals surface area contributed by atoms with Crippen LogP contribution in [-0.4, -0.2) is 35.2 Å². The Kier molecular flexibility index (Phi) is 3.95. The molecule has 0 bridgehead atoms. The Balaban J connectivity index is 1.84. The molecule has 0 aliphatic carbocycles. The Morgan fingerprint density at radius 3 is 2.94 bits per heavy atom. The van der Waals surface area contributed by atoms with Gasteiger partial charge in [-0.2, -0.15) is 5.26 Å². The van der Waals surface area contributed by atoms with Gasteiger partial charge in [-0.1, -0.05) is 0 Å². The van der Waals surface area contributed by atoms with Crippen LogP contribution in [0.15, 0.2) is 18.7 Å². The summed E-state index contributed by atoms with van der Waals surface area (Å²) < 4.78 is 7.07. The fourth-order valence-electron chi connectivity index (χ4n) is 2.00. The molecule has 1 N–H and O–H groups in total. The number of amides is 1. The van der Waals surface area contributed by atoms with Crippen molar-refractivity contribution in [3.8, 4) is 6.07 Å². The molecule has 2 rings (SSSR count). The Bertz CT molecular complexity index is 429. The van der Waals surface area contributed by atoms with Crippen LogP contribution in [0.3, 0.4) is 0 Å². The van der Waals surface area contributed by atoms with Gasteiger partial charge in [-0.3, -0.25) is 4.79 Å². The highest BCUT2D eigenvalue weighted by Gasteiger charge is 2.40. The quantitative estimate of drug-likeness (QED) is 0.832. The normalized spacial score (nSPS) is 17.9. The van der Waals surface area contributed by atoms with E-state index in [-0.39, 0.29) is 5.91 Å². The van der Waals surface area contributed by atoms with E-state index in [0.29, 0.717) is 39.1 Å². The zero-order valence-corrected chi connectivity index (χ0v) is 10.1.